The largest absolute Gasteiger partial charge is 0.464 e. The molecule has 0 fully saturated rings. The molecule has 0 saturated carbocycles. The summed E-state index contributed by atoms with van der Waals surface area (Å²) in [6.45, 7) is 2.88. The van der Waals surface area contributed by atoms with Gasteiger partial charge in [-0.05, 0) is 6.42 Å². The predicted molar refractivity (Wildman–Crippen MR) is 72.7 cm³/mol. The highest BCUT2D eigenvalue weighted by Gasteiger charge is 2.03. The summed E-state index contributed by atoms with van der Waals surface area (Å²) in [5.41, 5.74) is 1.62. The summed E-state index contributed by atoms with van der Waals surface area (Å²) in [7, 11) is 0. The second-order valence-electron chi connectivity index (χ2n) is 4.09. The Kier molecular flexibility index (Phi) is 8.12. The number of carbonyl (C=O) groups excluding carboxylic acids is 1. The number of nitrogens with one attached hydrogen (secondary N) is 1. The number of nitrogens with zero attached hydrogens (tertiary/aromatic N) is 2. The maximum Gasteiger partial charge on any atom is 0.325 e. The van der Waals surface area contributed by atoms with Crippen LogP contribution in [0.1, 0.15) is 45.4 Å². The molecule has 1 rings (SSSR count). The minimum atomic E-state index is -0.237. The lowest BCUT2D eigenvalue weighted by molar-refractivity contribution is -0.141. The molecule has 1 aromatic heterocycles. The van der Waals surface area contributed by atoms with Crippen LogP contribution in [-0.4, -0.2) is 29.3 Å². The number of esters is 1. The van der Waals surface area contributed by atoms with Gasteiger partial charge in [-0.25, -0.2) is 0 Å². The van der Waals surface area contributed by atoms with Crippen molar-refractivity contribution < 1.29 is 9.53 Å². The molecule has 0 aliphatic heterocycles. The van der Waals surface area contributed by atoms with Crippen LogP contribution in [0, 0.1) is 0 Å². The van der Waals surface area contributed by atoms with Crippen molar-refractivity contribution in [2.24, 2.45) is 0 Å². The van der Waals surface area contributed by atoms with E-state index in [1.165, 1.54) is 37.0 Å². The van der Waals surface area contributed by atoms with Crippen molar-refractivity contribution in [1.29, 1.82) is 0 Å². The Labute approximate surface area is 112 Å². The molecule has 1 aromatic rings. The first-order valence-electron chi connectivity index (χ1n) is 6.48. The molecule has 0 amide bonds. The van der Waals surface area contributed by atoms with E-state index in [4.69, 9.17) is 4.74 Å². The summed E-state index contributed by atoms with van der Waals surface area (Å²) < 4.78 is 5.10. The van der Waals surface area contributed by atoms with E-state index in [0.29, 0.717) is 11.7 Å². The Balaban J connectivity index is 1.90. The van der Waals surface area contributed by atoms with Crippen LogP contribution in [0.15, 0.2) is 5.51 Å². The third kappa shape index (κ3) is 7.21. The van der Waals surface area contributed by atoms with Crippen LogP contribution in [-0.2, 0) is 9.53 Å². The van der Waals surface area contributed by atoms with Gasteiger partial charge in [0, 0.05) is 0 Å². The molecule has 0 aromatic carbocycles. The highest BCUT2D eigenvalue weighted by molar-refractivity contribution is 7.13. The van der Waals surface area contributed by atoms with Crippen LogP contribution in [0.5, 0.6) is 0 Å². The van der Waals surface area contributed by atoms with E-state index in [1.54, 1.807) is 5.51 Å². The fourth-order valence-electron chi connectivity index (χ4n) is 1.52. The van der Waals surface area contributed by atoms with Gasteiger partial charge in [-0.15, -0.1) is 10.2 Å². The fourth-order valence-corrected chi connectivity index (χ4v) is 1.96. The number of carbonyl (C=O) groups is 1. The van der Waals surface area contributed by atoms with Gasteiger partial charge in [0.05, 0.1) is 6.61 Å². The van der Waals surface area contributed by atoms with Gasteiger partial charge in [0.1, 0.15) is 12.1 Å². The molecule has 6 heteroatoms. The van der Waals surface area contributed by atoms with Gasteiger partial charge in [0.25, 0.3) is 0 Å². The van der Waals surface area contributed by atoms with Crippen LogP contribution in [0.4, 0.5) is 5.13 Å². The van der Waals surface area contributed by atoms with Crippen LogP contribution in [0.3, 0.4) is 0 Å². The fraction of sp³-hybridized carbons (Fsp3) is 0.750. The zero-order valence-electron chi connectivity index (χ0n) is 10.9. The molecule has 5 nitrogen and oxygen atoms in total. The van der Waals surface area contributed by atoms with Gasteiger partial charge in [-0.3, -0.25) is 4.79 Å². The van der Waals surface area contributed by atoms with Crippen LogP contribution >= 0.6 is 11.3 Å². The number of aromatic nitrogens is 2. The van der Waals surface area contributed by atoms with Crippen molar-refractivity contribution in [2.45, 2.75) is 45.4 Å². The molecule has 0 aliphatic rings. The number of anilines is 1. The van der Waals surface area contributed by atoms with E-state index in [9.17, 15) is 4.79 Å². The molecule has 0 spiro atoms. The number of unbranched alkanes of at least 4 members (excludes halogenated alkanes) is 5. The van der Waals surface area contributed by atoms with E-state index < -0.39 is 0 Å². The minimum Gasteiger partial charge on any atom is -0.464 e. The Bertz CT molecular complexity index is 317. The Morgan fingerprint density at radius 3 is 2.83 bits per heavy atom. The maximum absolute atomic E-state index is 11.3. The summed E-state index contributed by atoms with van der Waals surface area (Å²) in [4.78, 5) is 11.3. The lowest BCUT2D eigenvalue weighted by Gasteiger charge is -2.05. The predicted octanol–water partition coefficient (Wildman–Crippen LogP) is 2.85. The molecule has 1 N–H and O–H groups in total. The van der Waals surface area contributed by atoms with Crippen LogP contribution in [0.2, 0.25) is 0 Å². The third-order valence-corrected chi connectivity index (χ3v) is 3.15. The Morgan fingerprint density at radius 1 is 1.33 bits per heavy atom. The first-order valence-corrected chi connectivity index (χ1v) is 7.36. The maximum atomic E-state index is 11.3. The second-order valence-corrected chi connectivity index (χ2v) is 4.92. The molecule has 0 bridgehead atoms. The highest BCUT2D eigenvalue weighted by Crippen LogP contribution is 2.07. The molecule has 0 radical (unpaired) electrons. The summed E-state index contributed by atoms with van der Waals surface area (Å²) in [5, 5.41) is 10.9. The van der Waals surface area contributed by atoms with E-state index in [1.807, 2.05) is 0 Å². The average molecular weight is 271 g/mol. The number of ether oxygens (including phenoxy) is 1. The average Bonchev–Trinajstić information content (AvgIpc) is 2.88. The zero-order valence-corrected chi connectivity index (χ0v) is 11.7. The molecule has 18 heavy (non-hydrogen) atoms. The number of hydrogen-bond acceptors (Lipinski definition) is 6. The SMILES string of the molecule is CCCCCCCCOC(=O)CNc1nncs1. The zero-order chi connectivity index (χ0) is 13.1. The van der Waals surface area contributed by atoms with Gasteiger partial charge >= 0.3 is 5.97 Å². The van der Waals surface area contributed by atoms with Crippen molar-refractivity contribution in [1.82, 2.24) is 10.2 Å². The van der Waals surface area contributed by atoms with Crippen LogP contribution in [0.25, 0.3) is 0 Å². The highest BCUT2D eigenvalue weighted by atomic mass is 32.1. The van der Waals surface area contributed by atoms with Gasteiger partial charge in [-0.2, -0.15) is 0 Å². The summed E-state index contributed by atoms with van der Waals surface area (Å²) in [6.07, 6.45) is 7.15. The molecule has 1 heterocycles. The topological polar surface area (TPSA) is 64.1 Å². The quantitative estimate of drug-likeness (QED) is 0.523. The first kappa shape index (κ1) is 14.9. The third-order valence-electron chi connectivity index (χ3n) is 2.50. The molecule has 0 saturated heterocycles. The Morgan fingerprint density at radius 2 is 2.11 bits per heavy atom. The van der Waals surface area contributed by atoms with Crippen LogP contribution < -0.4 is 5.32 Å². The summed E-state index contributed by atoms with van der Waals surface area (Å²) in [6, 6.07) is 0. The lowest BCUT2D eigenvalue weighted by atomic mass is 10.1. The smallest absolute Gasteiger partial charge is 0.325 e. The lowest BCUT2D eigenvalue weighted by Crippen LogP contribution is -2.17. The monoisotopic (exact) mass is 271 g/mol. The van der Waals surface area contributed by atoms with Crippen molar-refractivity contribution in [3.63, 3.8) is 0 Å². The van der Waals surface area contributed by atoms with E-state index in [2.05, 4.69) is 22.4 Å². The van der Waals surface area contributed by atoms with Crippen molar-refractivity contribution >= 4 is 22.4 Å². The minimum absolute atomic E-state index is 0.158. The van der Waals surface area contributed by atoms with E-state index in [-0.39, 0.29) is 12.5 Å². The van der Waals surface area contributed by atoms with E-state index >= 15 is 0 Å². The molecule has 102 valence electrons. The van der Waals surface area contributed by atoms with Gasteiger partial charge in [-0.1, -0.05) is 50.4 Å². The van der Waals surface area contributed by atoms with Gasteiger partial charge in [0.15, 0.2) is 0 Å². The summed E-state index contributed by atoms with van der Waals surface area (Å²) in [5.74, 6) is -0.237. The van der Waals surface area contributed by atoms with Crippen molar-refractivity contribution in [3.8, 4) is 0 Å². The van der Waals surface area contributed by atoms with Gasteiger partial charge in [0.2, 0.25) is 5.13 Å². The summed E-state index contributed by atoms with van der Waals surface area (Å²) >= 11 is 1.36. The molecule has 0 aliphatic carbocycles. The number of hydrogen-bond donors (Lipinski definition) is 1. The molecular formula is C12H21N3O2S. The molecular weight excluding hydrogens is 250 g/mol. The normalized spacial score (nSPS) is 10.3. The first-order chi connectivity index (χ1) is 8.83. The second kappa shape index (κ2) is 9.82. The van der Waals surface area contributed by atoms with Gasteiger partial charge < -0.3 is 10.1 Å². The number of rotatable bonds is 10. The van der Waals surface area contributed by atoms with Crippen molar-refractivity contribution in [3.05, 3.63) is 5.51 Å². The molecule has 0 unspecified atom stereocenters. The molecule has 0 atom stereocenters. The standard InChI is InChI=1S/C12H21N3O2S/c1-2-3-4-5-6-7-8-17-11(16)9-13-12-15-14-10-18-12/h10H,2-9H2,1H3,(H,13,15). The Hall–Kier alpha value is -1.17. The van der Waals surface area contributed by atoms with Crippen molar-refractivity contribution in [2.75, 3.05) is 18.5 Å². The van der Waals surface area contributed by atoms with E-state index in [0.717, 1.165) is 12.8 Å².